The summed E-state index contributed by atoms with van der Waals surface area (Å²) in [6, 6.07) is 8.11. The maximum Gasteiger partial charge on any atom is 0.125 e. The molecule has 1 aromatic rings. The van der Waals surface area contributed by atoms with Crippen molar-refractivity contribution in [2.75, 3.05) is 13.1 Å². The molecule has 0 radical (unpaired) electrons. The summed E-state index contributed by atoms with van der Waals surface area (Å²) in [5, 5.41) is 3.25. The molecule has 0 amide bonds. The van der Waals surface area contributed by atoms with Crippen LogP contribution in [0, 0.1) is 5.92 Å². The van der Waals surface area contributed by atoms with E-state index in [4.69, 9.17) is 0 Å². The molecule has 2 rings (SSSR count). The van der Waals surface area contributed by atoms with Crippen molar-refractivity contribution in [1.29, 1.82) is 0 Å². The van der Waals surface area contributed by atoms with Crippen LogP contribution >= 0.6 is 15.9 Å². The Kier molecular flexibility index (Phi) is 2.99. The minimum atomic E-state index is 0.119. The lowest BCUT2D eigenvalue weighted by atomic mass is 9.90. The quantitative estimate of drug-likeness (QED) is 0.817. The zero-order valence-electron chi connectivity index (χ0n) is 7.74. The molecule has 2 atom stereocenters. The molecule has 2 nitrogen and oxygen atoms in total. The summed E-state index contributed by atoms with van der Waals surface area (Å²) in [5.74, 6) is 0.441. The second kappa shape index (κ2) is 4.24. The molecule has 1 fully saturated rings. The van der Waals surface area contributed by atoms with Crippen LogP contribution in [0.15, 0.2) is 28.7 Å². The zero-order chi connectivity index (χ0) is 9.97. The van der Waals surface area contributed by atoms with E-state index in [1.807, 2.05) is 18.2 Å². The molecular formula is C11H12BrNO. The molecule has 1 N–H and O–H groups in total. The topological polar surface area (TPSA) is 29.1 Å². The SMILES string of the molecule is O=C[C@@H]1CNC[C@H]1c1ccccc1Br. The van der Waals surface area contributed by atoms with Crippen molar-refractivity contribution < 1.29 is 4.79 Å². The van der Waals surface area contributed by atoms with Crippen molar-refractivity contribution in [2.24, 2.45) is 5.92 Å². The van der Waals surface area contributed by atoms with Crippen LogP contribution in [0.25, 0.3) is 0 Å². The van der Waals surface area contributed by atoms with Crippen LogP contribution in [0.1, 0.15) is 11.5 Å². The summed E-state index contributed by atoms with van der Waals surface area (Å²) in [6.07, 6.45) is 1.06. The van der Waals surface area contributed by atoms with E-state index in [1.165, 1.54) is 5.56 Å². The van der Waals surface area contributed by atoms with Gasteiger partial charge < -0.3 is 10.1 Å². The van der Waals surface area contributed by atoms with E-state index in [2.05, 4.69) is 27.3 Å². The number of halogens is 1. The van der Waals surface area contributed by atoms with Crippen molar-refractivity contribution in [2.45, 2.75) is 5.92 Å². The van der Waals surface area contributed by atoms with Gasteiger partial charge in [0.05, 0.1) is 0 Å². The highest BCUT2D eigenvalue weighted by Gasteiger charge is 2.28. The van der Waals surface area contributed by atoms with Gasteiger partial charge in [-0.25, -0.2) is 0 Å². The van der Waals surface area contributed by atoms with Gasteiger partial charge in [0.25, 0.3) is 0 Å². The van der Waals surface area contributed by atoms with E-state index in [0.717, 1.165) is 23.8 Å². The molecule has 1 heterocycles. The predicted molar refractivity (Wildman–Crippen MR) is 59.3 cm³/mol. The molecule has 0 bridgehead atoms. The lowest BCUT2D eigenvalue weighted by Gasteiger charge is -2.14. The Morgan fingerprint density at radius 1 is 1.36 bits per heavy atom. The van der Waals surface area contributed by atoms with Gasteiger partial charge in [-0.1, -0.05) is 34.1 Å². The molecule has 1 aliphatic heterocycles. The van der Waals surface area contributed by atoms with Gasteiger partial charge in [-0.3, -0.25) is 0 Å². The van der Waals surface area contributed by atoms with Crippen molar-refractivity contribution in [3.8, 4) is 0 Å². The average Bonchev–Trinajstić information content (AvgIpc) is 2.66. The summed E-state index contributed by atoms with van der Waals surface area (Å²) in [7, 11) is 0. The van der Waals surface area contributed by atoms with Crippen molar-refractivity contribution in [1.82, 2.24) is 5.32 Å². The van der Waals surface area contributed by atoms with Crippen LogP contribution in [-0.2, 0) is 4.79 Å². The van der Waals surface area contributed by atoms with Gasteiger partial charge in [0.2, 0.25) is 0 Å². The van der Waals surface area contributed by atoms with Gasteiger partial charge in [-0.15, -0.1) is 0 Å². The molecule has 0 aliphatic carbocycles. The second-order valence-electron chi connectivity index (χ2n) is 3.59. The Balaban J connectivity index is 2.30. The Bertz CT molecular complexity index is 340. The van der Waals surface area contributed by atoms with E-state index in [9.17, 15) is 4.79 Å². The highest BCUT2D eigenvalue weighted by atomic mass is 79.9. The molecule has 0 saturated carbocycles. The average molecular weight is 254 g/mol. The van der Waals surface area contributed by atoms with E-state index >= 15 is 0 Å². The lowest BCUT2D eigenvalue weighted by Crippen LogP contribution is -2.12. The molecule has 3 heteroatoms. The molecule has 1 aromatic carbocycles. The van der Waals surface area contributed by atoms with E-state index in [0.29, 0.717) is 5.92 Å². The van der Waals surface area contributed by atoms with Gasteiger partial charge in [0, 0.05) is 29.4 Å². The molecule has 0 aromatic heterocycles. The number of nitrogens with one attached hydrogen (secondary N) is 1. The number of hydrogen-bond acceptors (Lipinski definition) is 2. The standard InChI is InChI=1S/C11H12BrNO/c12-11-4-2-1-3-9(11)10-6-13-5-8(10)7-14/h1-4,7-8,10,13H,5-6H2/t8-,10+/m0/s1. The number of carbonyl (C=O) groups excluding carboxylic acids is 1. The van der Waals surface area contributed by atoms with Gasteiger partial charge in [-0.05, 0) is 11.6 Å². The van der Waals surface area contributed by atoms with Crippen molar-refractivity contribution in [3.63, 3.8) is 0 Å². The predicted octanol–water partition coefficient (Wildman–Crippen LogP) is 1.95. The van der Waals surface area contributed by atoms with Crippen LogP contribution in [-0.4, -0.2) is 19.4 Å². The number of hydrogen-bond donors (Lipinski definition) is 1. The van der Waals surface area contributed by atoms with Crippen LogP contribution in [0.3, 0.4) is 0 Å². The van der Waals surface area contributed by atoms with E-state index < -0.39 is 0 Å². The first-order valence-electron chi connectivity index (χ1n) is 4.73. The summed E-state index contributed by atoms with van der Waals surface area (Å²) in [6.45, 7) is 1.70. The monoisotopic (exact) mass is 253 g/mol. The fourth-order valence-corrected chi connectivity index (χ4v) is 2.54. The number of rotatable bonds is 2. The van der Waals surface area contributed by atoms with Crippen LogP contribution in [0.2, 0.25) is 0 Å². The summed E-state index contributed by atoms with van der Waals surface area (Å²) in [4.78, 5) is 10.8. The normalized spacial score (nSPS) is 26.4. The van der Waals surface area contributed by atoms with Gasteiger partial charge in [0.1, 0.15) is 6.29 Å². The van der Waals surface area contributed by atoms with E-state index in [-0.39, 0.29) is 5.92 Å². The first kappa shape index (κ1) is 9.87. The second-order valence-corrected chi connectivity index (χ2v) is 4.44. The van der Waals surface area contributed by atoms with Crippen LogP contribution in [0.4, 0.5) is 0 Å². The minimum Gasteiger partial charge on any atom is -0.315 e. The Hall–Kier alpha value is -0.670. The molecule has 14 heavy (non-hydrogen) atoms. The molecular weight excluding hydrogens is 242 g/mol. The third-order valence-electron chi connectivity index (χ3n) is 2.74. The fraction of sp³-hybridized carbons (Fsp3) is 0.364. The molecule has 0 spiro atoms. The Morgan fingerprint density at radius 2 is 2.14 bits per heavy atom. The molecule has 0 unspecified atom stereocenters. The Morgan fingerprint density at radius 3 is 2.86 bits per heavy atom. The summed E-state index contributed by atoms with van der Waals surface area (Å²) < 4.78 is 1.10. The zero-order valence-corrected chi connectivity index (χ0v) is 9.33. The molecule has 74 valence electrons. The van der Waals surface area contributed by atoms with Crippen molar-refractivity contribution in [3.05, 3.63) is 34.3 Å². The third kappa shape index (κ3) is 1.74. The number of benzene rings is 1. The highest BCUT2D eigenvalue weighted by molar-refractivity contribution is 9.10. The largest absolute Gasteiger partial charge is 0.315 e. The van der Waals surface area contributed by atoms with Crippen LogP contribution < -0.4 is 5.32 Å². The minimum absolute atomic E-state index is 0.119. The molecule has 1 saturated heterocycles. The maximum absolute atomic E-state index is 10.8. The van der Waals surface area contributed by atoms with Crippen LogP contribution in [0.5, 0.6) is 0 Å². The number of carbonyl (C=O) groups is 1. The van der Waals surface area contributed by atoms with E-state index in [1.54, 1.807) is 0 Å². The Labute approximate surface area is 91.8 Å². The highest BCUT2D eigenvalue weighted by Crippen LogP contribution is 2.31. The molecule has 1 aliphatic rings. The third-order valence-corrected chi connectivity index (χ3v) is 3.46. The summed E-state index contributed by atoms with van der Waals surface area (Å²) >= 11 is 3.52. The summed E-state index contributed by atoms with van der Waals surface area (Å²) in [5.41, 5.74) is 1.23. The lowest BCUT2D eigenvalue weighted by molar-refractivity contribution is -0.110. The van der Waals surface area contributed by atoms with Gasteiger partial charge in [-0.2, -0.15) is 0 Å². The first-order chi connectivity index (χ1) is 6.83. The smallest absolute Gasteiger partial charge is 0.125 e. The van der Waals surface area contributed by atoms with Gasteiger partial charge >= 0.3 is 0 Å². The van der Waals surface area contributed by atoms with Crippen molar-refractivity contribution >= 4 is 22.2 Å². The van der Waals surface area contributed by atoms with Gasteiger partial charge in [0.15, 0.2) is 0 Å². The fourth-order valence-electron chi connectivity index (χ4n) is 1.96. The number of aldehydes is 1. The maximum atomic E-state index is 10.8. The first-order valence-corrected chi connectivity index (χ1v) is 5.52.